The number of amides is 1. The third-order valence-electron chi connectivity index (χ3n) is 3.62. The lowest BCUT2D eigenvalue weighted by atomic mass is 9.98. The summed E-state index contributed by atoms with van der Waals surface area (Å²) in [6.45, 7) is 4.17. The Morgan fingerprint density at radius 2 is 1.90 bits per heavy atom. The fourth-order valence-corrected chi connectivity index (χ4v) is 1.94. The van der Waals surface area contributed by atoms with Crippen LogP contribution in [0.2, 0.25) is 0 Å². The summed E-state index contributed by atoms with van der Waals surface area (Å²) in [5, 5.41) is 0. The molecule has 116 valence electrons. The summed E-state index contributed by atoms with van der Waals surface area (Å²) in [6, 6.07) is 8.90. The number of benzene rings is 1. The van der Waals surface area contributed by atoms with Gasteiger partial charge in [-0.25, -0.2) is 0 Å². The van der Waals surface area contributed by atoms with Crippen molar-refractivity contribution in [2.75, 3.05) is 13.7 Å². The number of esters is 1. The largest absolute Gasteiger partial charge is 0.468 e. The van der Waals surface area contributed by atoms with Gasteiger partial charge in [0.15, 0.2) is 0 Å². The predicted molar refractivity (Wildman–Crippen MR) is 81.3 cm³/mol. The van der Waals surface area contributed by atoms with Crippen LogP contribution in [0.1, 0.15) is 25.8 Å². The van der Waals surface area contributed by atoms with Gasteiger partial charge in [0.05, 0.1) is 13.2 Å². The summed E-state index contributed by atoms with van der Waals surface area (Å²) in [7, 11) is 1.31. The lowest BCUT2D eigenvalue weighted by Gasteiger charge is -2.27. The molecule has 2 N–H and O–H groups in total. The quantitative estimate of drug-likeness (QED) is 0.774. The molecule has 0 aromatic heterocycles. The number of carbonyl (C=O) groups is 2. The minimum Gasteiger partial charge on any atom is -0.468 e. The standard InChI is InChI=1S/C16H24N2O3/c1-4-12(2)15(17)16(20)18(11-14(19)21-3)10-13-8-6-5-7-9-13/h5-9,12,15H,4,10-11,17H2,1-3H3. The molecule has 0 heterocycles. The molecule has 0 radical (unpaired) electrons. The van der Waals surface area contributed by atoms with E-state index in [9.17, 15) is 9.59 Å². The number of carbonyl (C=O) groups excluding carboxylic acids is 2. The summed E-state index contributed by atoms with van der Waals surface area (Å²) >= 11 is 0. The molecule has 1 aromatic rings. The van der Waals surface area contributed by atoms with Gasteiger partial charge in [-0.2, -0.15) is 0 Å². The molecule has 0 saturated carbocycles. The van der Waals surface area contributed by atoms with Crippen molar-refractivity contribution in [2.45, 2.75) is 32.9 Å². The maximum atomic E-state index is 12.5. The summed E-state index contributed by atoms with van der Waals surface area (Å²) in [6.07, 6.45) is 0.810. The minimum absolute atomic E-state index is 0.0634. The van der Waals surface area contributed by atoms with E-state index in [1.165, 1.54) is 12.0 Å². The molecule has 0 spiro atoms. The molecule has 2 atom stereocenters. The van der Waals surface area contributed by atoms with Crippen LogP contribution in [-0.4, -0.2) is 36.5 Å². The molecule has 0 aliphatic heterocycles. The topological polar surface area (TPSA) is 72.6 Å². The first-order valence-corrected chi connectivity index (χ1v) is 7.14. The van der Waals surface area contributed by atoms with E-state index >= 15 is 0 Å². The number of rotatable bonds is 7. The van der Waals surface area contributed by atoms with E-state index in [2.05, 4.69) is 4.74 Å². The Bertz CT molecular complexity index is 462. The second kappa shape index (κ2) is 8.42. The Morgan fingerprint density at radius 1 is 1.29 bits per heavy atom. The van der Waals surface area contributed by atoms with Gasteiger partial charge in [-0.05, 0) is 11.5 Å². The lowest BCUT2D eigenvalue weighted by Crippen LogP contribution is -2.48. The van der Waals surface area contributed by atoms with Gasteiger partial charge in [-0.1, -0.05) is 50.6 Å². The highest BCUT2D eigenvalue weighted by Crippen LogP contribution is 2.12. The zero-order valence-electron chi connectivity index (χ0n) is 12.9. The molecule has 1 rings (SSSR count). The van der Waals surface area contributed by atoms with Gasteiger partial charge < -0.3 is 15.4 Å². The lowest BCUT2D eigenvalue weighted by molar-refractivity contribution is -0.148. The Hall–Kier alpha value is -1.88. The van der Waals surface area contributed by atoms with Gasteiger partial charge in [-0.3, -0.25) is 9.59 Å². The van der Waals surface area contributed by atoms with Crippen LogP contribution in [0.15, 0.2) is 30.3 Å². The van der Waals surface area contributed by atoms with Crippen LogP contribution < -0.4 is 5.73 Å². The van der Waals surface area contributed by atoms with Crippen LogP contribution in [0.4, 0.5) is 0 Å². The fourth-order valence-electron chi connectivity index (χ4n) is 1.94. The number of hydrogen-bond donors (Lipinski definition) is 1. The van der Waals surface area contributed by atoms with Crippen molar-refractivity contribution >= 4 is 11.9 Å². The van der Waals surface area contributed by atoms with E-state index in [4.69, 9.17) is 5.73 Å². The molecule has 5 heteroatoms. The zero-order chi connectivity index (χ0) is 15.8. The number of nitrogens with zero attached hydrogens (tertiary/aromatic N) is 1. The summed E-state index contributed by atoms with van der Waals surface area (Å²) in [4.78, 5) is 25.5. The van der Waals surface area contributed by atoms with E-state index < -0.39 is 12.0 Å². The first-order chi connectivity index (χ1) is 9.99. The van der Waals surface area contributed by atoms with E-state index in [1.54, 1.807) is 0 Å². The molecule has 5 nitrogen and oxygen atoms in total. The van der Waals surface area contributed by atoms with Crippen LogP contribution >= 0.6 is 0 Å². The summed E-state index contributed by atoms with van der Waals surface area (Å²) in [5.41, 5.74) is 6.95. The van der Waals surface area contributed by atoms with E-state index in [0.29, 0.717) is 6.54 Å². The molecule has 1 aromatic carbocycles. The van der Waals surface area contributed by atoms with Crippen molar-refractivity contribution in [1.82, 2.24) is 4.90 Å². The third-order valence-corrected chi connectivity index (χ3v) is 3.62. The van der Waals surface area contributed by atoms with Crippen molar-refractivity contribution in [3.05, 3.63) is 35.9 Å². The Morgan fingerprint density at radius 3 is 2.43 bits per heavy atom. The van der Waals surface area contributed by atoms with Crippen LogP contribution in [-0.2, 0) is 20.9 Å². The van der Waals surface area contributed by atoms with Crippen molar-refractivity contribution in [2.24, 2.45) is 11.7 Å². The molecule has 0 saturated heterocycles. The van der Waals surface area contributed by atoms with Crippen molar-refractivity contribution in [3.8, 4) is 0 Å². The van der Waals surface area contributed by atoms with Gasteiger partial charge in [-0.15, -0.1) is 0 Å². The SMILES string of the molecule is CCC(C)C(N)C(=O)N(CC(=O)OC)Cc1ccccc1. The Labute approximate surface area is 126 Å². The maximum Gasteiger partial charge on any atom is 0.325 e. The van der Waals surface area contributed by atoms with Crippen LogP contribution in [0.25, 0.3) is 0 Å². The zero-order valence-corrected chi connectivity index (χ0v) is 12.9. The van der Waals surface area contributed by atoms with Crippen molar-refractivity contribution in [1.29, 1.82) is 0 Å². The van der Waals surface area contributed by atoms with Gasteiger partial charge in [0.2, 0.25) is 5.91 Å². The first-order valence-electron chi connectivity index (χ1n) is 7.14. The molecule has 0 bridgehead atoms. The number of methoxy groups -OCH3 is 1. The van der Waals surface area contributed by atoms with Gasteiger partial charge in [0, 0.05) is 6.54 Å². The molecule has 1 amide bonds. The molecular formula is C16H24N2O3. The smallest absolute Gasteiger partial charge is 0.325 e. The highest BCUT2D eigenvalue weighted by Gasteiger charge is 2.26. The van der Waals surface area contributed by atoms with Gasteiger partial charge >= 0.3 is 5.97 Å². The third kappa shape index (κ3) is 5.19. The van der Waals surface area contributed by atoms with E-state index in [1.807, 2.05) is 44.2 Å². The van der Waals surface area contributed by atoms with Crippen LogP contribution in [0.3, 0.4) is 0 Å². The maximum absolute atomic E-state index is 12.5. The fraction of sp³-hybridized carbons (Fsp3) is 0.500. The normalized spacial score (nSPS) is 13.3. The van der Waals surface area contributed by atoms with Crippen molar-refractivity contribution < 1.29 is 14.3 Å². The van der Waals surface area contributed by atoms with Gasteiger partial charge in [0.1, 0.15) is 6.54 Å². The van der Waals surface area contributed by atoms with Gasteiger partial charge in [0.25, 0.3) is 0 Å². The molecule has 21 heavy (non-hydrogen) atoms. The van der Waals surface area contributed by atoms with Crippen molar-refractivity contribution in [3.63, 3.8) is 0 Å². The summed E-state index contributed by atoms with van der Waals surface area (Å²) in [5.74, 6) is -0.609. The second-order valence-corrected chi connectivity index (χ2v) is 5.17. The average molecular weight is 292 g/mol. The minimum atomic E-state index is -0.608. The van der Waals surface area contributed by atoms with E-state index in [0.717, 1.165) is 12.0 Å². The highest BCUT2D eigenvalue weighted by molar-refractivity contribution is 5.85. The molecule has 0 aliphatic carbocycles. The number of ether oxygens (including phenoxy) is 1. The monoisotopic (exact) mass is 292 g/mol. The average Bonchev–Trinajstić information content (AvgIpc) is 2.52. The van der Waals surface area contributed by atoms with Crippen LogP contribution in [0.5, 0.6) is 0 Å². The molecule has 0 aliphatic rings. The predicted octanol–water partition coefficient (Wildman–Crippen LogP) is 1.56. The number of nitrogens with two attached hydrogens (primary N) is 1. The highest BCUT2D eigenvalue weighted by atomic mass is 16.5. The molecule has 0 fully saturated rings. The summed E-state index contributed by atoms with van der Waals surface area (Å²) < 4.78 is 4.66. The second-order valence-electron chi connectivity index (χ2n) is 5.17. The molecule has 2 unspecified atom stereocenters. The van der Waals surface area contributed by atoms with E-state index in [-0.39, 0.29) is 18.4 Å². The first kappa shape index (κ1) is 17.2. The number of hydrogen-bond acceptors (Lipinski definition) is 4. The molecular weight excluding hydrogens is 268 g/mol. The Balaban J connectivity index is 2.86. The van der Waals surface area contributed by atoms with Crippen LogP contribution in [0, 0.1) is 5.92 Å². The Kier molecular flexibility index (Phi) is 6.88.